The van der Waals surface area contributed by atoms with E-state index in [1.807, 2.05) is 0 Å². The van der Waals surface area contributed by atoms with Gasteiger partial charge in [0.25, 0.3) is 0 Å². The second-order valence-electron chi connectivity index (χ2n) is 8.10. The lowest BCUT2D eigenvalue weighted by molar-refractivity contribution is -0.137. The molecule has 0 aromatic heterocycles. The summed E-state index contributed by atoms with van der Waals surface area (Å²) < 4.78 is 0. The Morgan fingerprint density at radius 2 is 1.13 bits per heavy atom. The van der Waals surface area contributed by atoms with Crippen molar-refractivity contribution in [1.29, 1.82) is 0 Å². The van der Waals surface area contributed by atoms with Gasteiger partial charge in [-0.1, -0.05) is 57.8 Å². The summed E-state index contributed by atoms with van der Waals surface area (Å²) >= 11 is 0. The highest BCUT2D eigenvalue weighted by molar-refractivity contribution is 5.79. The highest BCUT2D eigenvalue weighted by Crippen LogP contribution is 2.30. The van der Waals surface area contributed by atoms with Crippen LogP contribution in [0.5, 0.6) is 0 Å². The summed E-state index contributed by atoms with van der Waals surface area (Å²) in [7, 11) is 0. The van der Waals surface area contributed by atoms with E-state index in [9.17, 15) is 4.79 Å². The van der Waals surface area contributed by atoms with E-state index >= 15 is 0 Å². The highest BCUT2D eigenvalue weighted by Gasteiger charge is 2.32. The first-order valence-electron chi connectivity index (χ1n) is 10.4. The molecule has 23 heavy (non-hydrogen) atoms. The molecule has 0 aromatic rings. The van der Waals surface area contributed by atoms with Crippen molar-refractivity contribution in [2.24, 2.45) is 0 Å². The van der Waals surface area contributed by atoms with Crippen molar-refractivity contribution in [3.8, 4) is 0 Å². The molecular formula is C20H36N2O. The summed E-state index contributed by atoms with van der Waals surface area (Å²) in [5.41, 5.74) is 0. The van der Waals surface area contributed by atoms with Gasteiger partial charge in [0.1, 0.15) is 0 Å². The molecule has 0 aromatic carbocycles. The number of carbonyl (C=O) groups excluding carboxylic acids is 1. The quantitative estimate of drug-likeness (QED) is 0.814. The molecule has 3 fully saturated rings. The van der Waals surface area contributed by atoms with Gasteiger partial charge in [-0.05, 0) is 38.5 Å². The first-order valence-corrected chi connectivity index (χ1v) is 10.4. The van der Waals surface area contributed by atoms with Crippen LogP contribution >= 0.6 is 0 Å². The fraction of sp³-hybridized carbons (Fsp3) is 0.950. The van der Waals surface area contributed by atoms with E-state index < -0.39 is 0 Å². The molecule has 3 aliphatic carbocycles. The summed E-state index contributed by atoms with van der Waals surface area (Å²) in [6.07, 6.45) is 19.5. The molecule has 0 atom stereocenters. The molecule has 0 unspecified atom stereocenters. The van der Waals surface area contributed by atoms with Crippen molar-refractivity contribution in [3.05, 3.63) is 0 Å². The summed E-state index contributed by atoms with van der Waals surface area (Å²) in [5, 5.41) is 3.59. The monoisotopic (exact) mass is 320 g/mol. The van der Waals surface area contributed by atoms with Crippen molar-refractivity contribution in [3.63, 3.8) is 0 Å². The Bertz CT molecular complexity index is 335. The molecule has 3 heteroatoms. The van der Waals surface area contributed by atoms with Crippen LogP contribution in [0.2, 0.25) is 0 Å². The minimum Gasteiger partial charge on any atom is -0.336 e. The Balaban J connectivity index is 1.57. The number of nitrogens with zero attached hydrogens (tertiary/aromatic N) is 1. The van der Waals surface area contributed by atoms with Crippen LogP contribution in [0.4, 0.5) is 0 Å². The fourth-order valence-corrected chi connectivity index (χ4v) is 5.05. The van der Waals surface area contributed by atoms with E-state index in [2.05, 4.69) is 10.2 Å². The highest BCUT2D eigenvalue weighted by atomic mass is 16.2. The third kappa shape index (κ3) is 4.95. The maximum absolute atomic E-state index is 13.0. The molecule has 0 saturated heterocycles. The first-order chi connectivity index (χ1) is 11.3. The molecule has 0 bridgehead atoms. The average Bonchev–Trinajstić information content (AvgIpc) is 2.63. The van der Waals surface area contributed by atoms with Gasteiger partial charge < -0.3 is 10.2 Å². The minimum atomic E-state index is 0.398. The lowest BCUT2D eigenvalue weighted by Crippen LogP contribution is -2.52. The molecule has 1 amide bonds. The van der Waals surface area contributed by atoms with Crippen LogP contribution in [0.15, 0.2) is 0 Å². The zero-order valence-electron chi connectivity index (χ0n) is 14.9. The van der Waals surface area contributed by atoms with Crippen LogP contribution in [0.3, 0.4) is 0 Å². The minimum absolute atomic E-state index is 0.398. The normalized spacial score (nSPS) is 25.4. The Labute approximate surface area is 142 Å². The van der Waals surface area contributed by atoms with Crippen molar-refractivity contribution in [1.82, 2.24) is 10.2 Å². The van der Waals surface area contributed by atoms with Gasteiger partial charge in [0.15, 0.2) is 0 Å². The third-order valence-corrected chi connectivity index (χ3v) is 6.37. The van der Waals surface area contributed by atoms with Crippen molar-refractivity contribution in [2.75, 3.05) is 6.54 Å². The number of hydrogen-bond donors (Lipinski definition) is 1. The van der Waals surface area contributed by atoms with E-state index in [4.69, 9.17) is 0 Å². The lowest BCUT2D eigenvalue weighted by Gasteiger charge is -2.42. The standard InChI is InChI=1S/C20H36N2O/c23-20(16-21-17-10-4-1-5-11-17)22(18-12-6-2-7-13-18)19-14-8-3-9-15-19/h17-19,21H,1-16H2. The summed E-state index contributed by atoms with van der Waals surface area (Å²) in [6, 6.07) is 1.66. The number of nitrogens with one attached hydrogen (secondary N) is 1. The molecule has 0 aliphatic heterocycles. The summed E-state index contributed by atoms with van der Waals surface area (Å²) in [6.45, 7) is 0.581. The lowest BCUT2D eigenvalue weighted by atomic mass is 9.88. The smallest absolute Gasteiger partial charge is 0.237 e. The van der Waals surface area contributed by atoms with Gasteiger partial charge in [-0.15, -0.1) is 0 Å². The molecule has 3 aliphatic rings. The maximum atomic E-state index is 13.0. The second-order valence-corrected chi connectivity index (χ2v) is 8.10. The van der Waals surface area contributed by atoms with Gasteiger partial charge in [0.05, 0.1) is 6.54 Å². The van der Waals surface area contributed by atoms with E-state index in [1.54, 1.807) is 0 Å². The van der Waals surface area contributed by atoms with Crippen LogP contribution in [-0.4, -0.2) is 35.5 Å². The van der Waals surface area contributed by atoms with Crippen LogP contribution in [0, 0.1) is 0 Å². The molecule has 1 N–H and O–H groups in total. The van der Waals surface area contributed by atoms with Crippen LogP contribution in [-0.2, 0) is 4.79 Å². The van der Waals surface area contributed by atoms with E-state index in [0.717, 1.165) is 0 Å². The van der Waals surface area contributed by atoms with Crippen molar-refractivity contribution < 1.29 is 4.79 Å². The topological polar surface area (TPSA) is 32.3 Å². The van der Waals surface area contributed by atoms with Crippen LogP contribution in [0.1, 0.15) is 96.3 Å². The van der Waals surface area contributed by atoms with Crippen molar-refractivity contribution >= 4 is 5.91 Å². The molecule has 0 radical (unpaired) electrons. The molecule has 0 heterocycles. The zero-order valence-corrected chi connectivity index (χ0v) is 14.9. The SMILES string of the molecule is O=C(CNC1CCCCC1)N(C1CCCCC1)C1CCCCC1. The van der Waals surface area contributed by atoms with E-state index in [1.165, 1.54) is 96.3 Å². The molecular weight excluding hydrogens is 284 g/mol. The molecule has 132 valence electrons. The van der Waals surface area contributed by atoms with Gasteiger partial charge in [0.2, 0.25) is 5.91 Å². The van der Waals surface area contributed by atoms with Crippen LogP contribution < -0.4 is 5.32 Å². The summed E-state index contributed by atoms with van der Waals surface area (Å²) in [4.78, 5) is 15.4. The predicted molar refractivity (Wildman–Crippen MR) is 95.5 cm³/mol. The van der Waals surface area contributed by atoms with Crippen molar-refractivity contribution in [2.45, 2.75) is 114 Å². The number of rotatable bonds is 5. The third-order valence-electron chi connectivity index (χ3n) is 6.37. The predicted octanol–water partition coefficient (Wildman–Crippen LogP) is 4.40. The molecule has 3 rings (SSSR count). The number of carbonyl (C=O) groups is 1. The summed E-state index contributed by atoms with van der Waals surface area (Å²) in [5.74, 6) is 0.398. The second kappa shape index (κ2) is 9.05. The Kier molecular flexibility index (Phi) is 6.79. The van der Waals surface area contributed by atoms with E-state index in [-0.39, 0.29) is 0 Å². The van der Waals surface area contributed by atoms with Gasteiger partial charge in [0, 0.05) is 18.1 Å². The van der Waals surface area contributed by atoms with Crippen LogP contribution in [0.25, 0.3) is 0 Å². The molecule has 0 spiro atoms. The fourth-order valence-electron chi connectivity index (χ4n) is 5.05. The Morgan fingerprint density at radius 3 is 1.61 bits per heavy atom. The number of amides is 1. The van der Waals surface area contributed by atoms with E-state index in [0.29, 0.717) is 30.6 Å². The van der Waals surface area contributed by atoms with Gasteiger partial charge in [-0.2, -0.15) is 0 Å². The average molecular weight is 321 g/mol. The Hall–Kier alpha value is -0.570. The number of hydrogen-bond acceptors (Lipinski definition) is 2. The van der Waals surface area contributed by atoms with Gasteiger partial charge in [-0.25, -0.2) is 0 Å². The maximum Gasteiger partial charge on any atom is 0.237 e. The Morgan fingerprint density at radius 1 is 0.696 bits per heavy atom. The molecule has 3 saturated carbocycles. The first kappa shape index (κ1) is 17.3. The zero-order chi connectivity index (χ0) is 15.9. The largest absolute Gasteiger partial charge is 0.336 e. The van der Waals surface area contributed by atoms with Gasteiger partial charge >= 0.3 is 0 Å². The molecule has 3 nitrogen and oxygen atoms in total. The van der Waals surface area contributed by atoms with Gasteiger partial charge in [-0.3, -0.25) is 4.79 Å².